The first kappa shape index (κ1) is 17.7. The number of carbonyl (C=O) groups is 2. The molecule has 4 nitrogen and oxygen atoms in total. The minimum Gasteiger partial charge on any atom is -0.497 e. The summed E-state index contributed by atoms with van der Waals surface area (Å²) in [6.07, 6.45) is 1.08. The maximum absolute atomic E-state index is 12.9. The summed E-state index contributed by atoms with van der Waals surface area (Å²) in [4.78, 5) is 25.5. The highest BCUT2D eigenvalue weighted by Crippen LogP contribution is 2.26. The molecule has 0 aliphatic heterocycles. The van der Waals surface area contributed by atoms with E-state index < -0.39 is 5.92 Å². The summed E-state index contributed by atoms with van der Waals surface area (Å²) >= 11 is 0. The van der Waals surface area contributed by atoms with Crippen LogP contribution in [-0.4, -0.2) is 25.8 Å². The van der Waals surface area contributed by atoms with Gasteiger partial charge in [0.15, 0.2) is 5.78 Å². The zero-order chi connectivity index (χ0) is 17.5. The van der Waals surface area contributed by atoms with E-state index in [2.05, 4.69) is 0 Å². The van der Waals surface area contributed by atoms with E-state index in [0.717, 1.165) is 0 Å². The third-order valence-electron chi connectivity index (χ3n) is 3.90. The van der Waals surface area contributed by atoms with Crippen LogP contribution in [-0.2, 0) is 4.79 Å². The molecule has 0 aliphatic carbocycles. The van der Waals surface area contributed by atoms with Crippen molar-refractivity contribution < 1.29 is 19.1 Å². The second-order valence-corrected chi connectivity index (χ2v) is 5.52. The van der Waals surface area contributed by atoms with Crippen molar-refractivity contribution in [2.75, 3.05) is 14.2 Å². The van der Waals surface area contributed by atoms with Gasteiger partial charge >= 0.3 is 0 Å². The highest BCUT2D eigenvalue weighted by atomic mass is 16.5. The second-order valence-electron chi connectivity index (χ2n) is 5.52. The van der Waals surface area contributed by atoms with Crippen LogP contribution in [0.4, 0.5) is 0 Å². The fourth-order valence-electron chi connectivity index (χ4n) is 2.59. The molecule has 1 atom stereocenters. The van der Waals surface area contributed by atoms with Crippen LogP contribution in [0.3, 0.4) is 0 Å². The van der Waals surface area contributed by atoms with Crippen LogP contribution in [0.1, 0.15) is 41.6 Å². The molecule has 24 heavy (non-hydrogen) atoms. The standard InChI is InChI=1S/C20H22O4/c1-4-5-18(21)19(14-6-10-16(23-2)11-7-14)20(22)15-8-12-17(24-3)13-9-15/h6-13,19H,4-5H2,1-3H3. The summed E-state index contributed by atoms with van der Waals surface area (Å²) in [5.74, 6) is 0.318. The van der Waals surface area contributed by atoms with E-state index in [1.54, 1.807) is 62.8 Å². The van der Waals surface area contributed by atoms with E-state index in [4.69, 9.17) is 9.47 Å². The number of hydrogen-bond acceptors (Lipinski definition) is 4. The van der Waals surface area contributed by atoms with Crippen LogP contribution >= 0.6 is 0 Å². The minimum atomic E-state index is -0.788. The molecule has 0 bridgehead atoms. The molecule has 2 aromatic rings. The number of rotatable bonds is 8. The predicted molar refractivity (Wildman–Crippen MR) is 93.0 cm³/mol. The average molecular weight is 326 g/mol. The average Bonchev–Trinajstić information content (AvgIpc) is 2.62. The van der Waals surface area contributed by atoms with Gasteiger partial charge in [-0.25, -0.2) is 0 Å². The molecule has 0 radical (unpaired) electrons. The quantitative estimate of drug-likeness (QED) is 0.543. The summed E-state index contributed by atoms with van der Waals surface area (Å²) < 4.78 is 10.3. The van der Waals surface area contributed by atoms with E-state index in [1.807, 2.05) is 6.92 Å². The van der Waals surface area contributed by atoms with Gasteiger partial charge in [-0.2, -0.15) is 0 Å². The van der Waals surface area contributed by atoms with Crippen LogP contribution in [0.15, 0.2) is 48.5 Å². The Hall–Kier alpha value is -2.62. The Balaban J connectivity index is 2.36. The molecule has 0 amide bonds. The molecule has 0 aliphatic rings. The molecule has 0 fully saturated rings. The molecule has 126 valence electrons. The highest BCUT2D eigenvalue weighted by Gasteiger charge is 2.28. The zero-order valence-electron chi connectivity index (χ0n) is 14.2. The Bertz CT molecular complexity index is 687. The van der Waals surface area contributed by atoms with Crippen molar-refractivity contribution in [2.45, 2.75) is 25.7 Å². The Labute approximate surface area is 142 Å². The summed E-state index contributed by atoms with van der Waals surface area (Å²) in [6.45, 7) is 1.93. The zero-order valence-corrected chi connectivity index (χ0v) is 14.2. The third-order valence-corrected chi connectivity index (χ3v) is 3.90. The molecular weight excluding hydrogens is 304 g/mol. The number of ether oxygens (including phenoxy) is 2. The number of ketones is 2. The van der Waals surface area contributed by atoms with Crippen molar-refractivity contribution in [3.63, 3.8) is 0 Å². The number of hydrogen-bond donors (Lipinski definition) is 0. The van der Waals surface area contributed by atoms with Crippen molar-refractivity contribution in [2.24, 2.45) is 0 Å². The number of benzene rings is 2. The minimum absolute atomic E-state index is 0.0662. The predicted octanol–water partition coefficient (Wildman–Crippen LogP) is 4.04. The molecule has 4 heteroatoms. The van der Waals surface area contributed by atoms with Gasteiger partial charge in [0.25, 0.3) is 0 Å². The Morgan fingerprint density at radius 3 is 1.83 bits per heavy atom. The fraction of sp³-hybridized carbons (Fsp3) is 0.300. The number of methoxy groups -OCH3 is 2. The van der Waals surface area contributed by atoms with Gasteiger partial charge in [-0.15, -0.1) is 0 Å². The first-order valence-electron chi connectivity index (χ1n) is 7.95. The molecule has 0 heterocycles. The van der Waals surface area contributed by atoms with Gasteiger partial charge in [0.2, 0.25) is 0 Å². The first-order chi connectivity index (χ1) is 11.6. The molecule has 0 N–H and O–H groups in total. The molecule has 1 unspecified atom stereocenters. The van der Waals surface area contributed by atoms with Crippen LogP contribution in [0.2, 0.25) is 0 Å². The van der Waals surface area contributed by atoms with E-state index in [9.17, 15) is 9.59 Å². The molecule has 0 saturated carbocycles. The molecule has 2 rings (SSSR count). The van der Waals surface area contributed by atoms with Gasteiger partial charge in [-0.1, -0.05) is 19.1 Å². The number of Topliss-reactive ketones (excluding diaryl/α,β-unsaturated/α-hetero) is 2. The maximum Gasteiger partial charge on any atom is 0.177 e. The third kappa shape index (κ3) is 4.02. The second kappa shape index (κ2) is 8.29. The van der Waals surface area contributed by atoms with Gasteiger partial charge in [-0.05, 0) is 48.4 Å². The van der Waals surface area contributed by atoms with Crippen LogP contribution in [0.25, 0.3) is 0 Å². The SMILES string of the molecule is CCCC(=O)C(C(=O)c1ccc(OC)cc1)c1ccc(OC)cc1. The summed E-state index contributed by atoms with van der Waals surface area (Å²) in [7, 11) is 3.15. The summed E-state index contributed by atoms with van der Waals surface area (Å²) in [5, 5.41) is 0. The largest absolute Gasteiger partial charge is 0.497 e. The number of carbonyl (C=O) groups excluding carboxylic acids is 2. The normalized spacial score (nSPS) is 11.6. The molecule has 0 spiro atoms. The maximum atomic E-state index is 12.9. The molecule has 2 aromatic carbocycles. The lowest BCUT2D eigenvalue weighted by atomic mass is 9.85. The van der Waals surface area contributed by atoms with Crippen LogP contribution in [0.5, 0.6) is 11.5 Å². The molecule has 0 saturated heterocycles. The van der Waals surface area contributed by atoms with Gasteiger partial charge in [0.1, 0.15) is 23.2 Å². The lowest BCUT2D eigenvalue weighted by Crippen LogP contribution is -2.22. The van der Waals surface area contributed by atoms with Gasteiger partial charge in [-0.3, -0.25) is 9.59 Å². The molecular formula is C20H22O4. The fourth-order valence-corrected chi connectivity index (χ4v) is 2.59. The highest BCUT2D eigenvalue weighted by molar-refractivity contribution is 6.15. The Morgan fingerprint density at radius 2 is 1.38 bits per heavy atom. The smallest absolute Gasteiger partial charge is 0.177 e. The van der Waals surface area contributed by atoms with E-state index >= 15 is 0 Å². The molecule has 0 aromatic heterocycles. The summed E-state index contributed by atoms with van der Waals surface area (Å²) in [5.41, 5.74) is 1.19. The van der Waals surface area contributed by atoms with E-state index in [-0.39, 0.29) is 11.6 Å². The van der Waals surface area contributed by atoms with Crippen molar-refractivity contribution >= 4 is 11.6 Å². The van der Waals surface area contributed by atoms with Crippen molar-refractivity contribution in [3.8, 4) is 11.5 Å². The topological polar surface area (TPSA) is 52.6 Å². The monoisotopic (exact) mass is 326 g/mol. The van der Waals surface area contributed by atoms with Gasteiger partial charge < -0.3 is 9.47 Å². The van der Waals surface area contributed by atoms with E-state index in [1.165, 1.54) is 0 Å². The van der Waals surface area contributed by atoms with Gasteiger partial charge in [0, 0.05) is 12.0 Å². The first-order valence-corrected chi connectivity index (χ1v) is 7.95. The van der Waals surface area contributed by atoms with E-state index in [0.29, 0.717) is 35.5 Å². The lowest BCUT2D eigenvalue weighted by Gasteiger charge is -2.16. The Morgan fingerprint density at radius 1 is 0.875 bits per heavy atom. The van der Waals surface area contributed by atoms with Crippen LogP contribution in [0, 0.1) is 0 Å². The van der Waals surface area contributed by atoms with Crippen molar-refractivity contribution in [1.29, 1.82) is 0 Å². The lowest BCUT2D eigenvalue weighted by molar-refractivity contribution is -0.119. The van der Waals surface area contributed by atoms with Gasteiger partial charge in [0.05, 0.1) is 14.2 Å². The van der Waals surface area contributed by atoms with Crippen molar-refractivity contribution in [1.82, 2.24) is 0 Å². The Kier molecular flexibility index (Phi) is 6.13. The van der Waals surface area contributed by atoms with Crippen LogP contribution < -0.4 is 9.47 Å². The van der Waals surface area contributed by atoms with Crippen molar-refractivity contribution in [3.05, 3.63) is 59.7 Å². The summed E-state index contributed by atoms with van der Waals surface area (Å²) in [6, 6.07) is 13.9.